The average molecular weight is 390 g/mol. The maximum atomic E-state index is 6.01. The molecule has 1 fully saturated rings. The first-order valence-electron chi connectivity index (χ1n) is 10.4. The summed E-state index contributed by atoms with van der Waals surface area (Å²) in [6, 6.07) is 10.1. The van der Waals surface area contributed by atoms with Gasteiger partial charge in [-0.3, -0.25) is 4.98 Å². The summed E-state index contributed by atoms with van der Waals surface area (Å²) in [5.41, 5.74) is 4.75. The van der Waals surface area contributed by atoms with Gasteiger partial charge in [-0.25, -0.2) is 4.98 Å². The van der Waals surface area contributed by atoms with E-state index in [9.17, 15) is 0 Å². The van der Waals surface area contributed by atoms with Crippen molar-refractivity contribution in [3.05, 3.63) is 47.8 Å². The number of ether oxygens (including phenoxy) is 2. The summed E-state index contributed by atoms with van der Waals surface area (Å²) >= 11 is 0. The fourth-order valence-electron chi connectivity index (χ4n) is 4.37. The summed E-state index contributed by atoms with van der Waals surface area (Å²) in [4.78, 5) is 9.24. The van der Waals surface area contributed by atoms with Gasteiger partial charge < -0.3 is 20.1 Å². The van der Waals surface area contributed by atoms with E-state index in [4.69, 9.17) is 14.5 Å². The second-order valence-electron chi connectivity index (χ2n) is 7.72. The topological polar surface area (TPSA) is 68.3 Å². The van der Waals surface area contributed by atoms with E-state index in [1.807, 2.05) is 24.3 Å². The Balaban J connectivity index is 1.59. The molecular formula is C23H26N4O2. The number of benzene rings is 1. The molecule has 0 spiro atoms. The predicted octanol–water partition coefficient (Wildman–Crippen LogP) is 4.08. The summed E-state index contributed by atoms with van der Waals surface area (Å²) in [7, 11) is 1.67. The van der Waals surface area contributed by atoms with Crippen LogP contribution in [0.25, 0.3) is 10.9 Å². The van der Waals surface area contributed by atoms with Crippen LogP contribution in [0.2, 0.25) is 0 Å². The number of piperidine rings is 1. The minimum atomic E-state index is 0.488. The van der Waals surface area contributed by atoms with Crippen LogP contribution in [0.1, 0.15) is 30.5 Å². The number of aromatic nitrogens is 2. The zero-order chi connectivity index (χ0) is 19.6. The number of nitrogens with one attached hydrogen (secondary N) is 2. The third kappa shape index (κ3) is 3.60. The van der Waals surface area contributed by atoms with Crippen molar-refractivity contribution in [2.75, 3.05) is 25.5 Å². The van der Waals surface area contributed by atoms with Gasteiger partial charge in [0.2, 0.25) is 5.88 Å². The second-order valence-corrected chi connectivity index (χ2v) is 7.72. The van der Waals surface area contributed by atoms with Gasteiger partial charge in [-0.2, -0.15) is 0 Å². The lowest BCUT2D eigenvalue weighted by atomic mass is 10.0. The van der Waals surface area contributed by atoms with Crippen LogP contribution in [0.3, 0.4) is 0 Å². The molecule has 1 aromatic carbocycles. The molecule has 0 amide bonds. The van der Waals surface area contributed by atoms with E-state index in [-0.39, 0.29) is 0 Å². The molecule has 2 aliphatic rings. The summed E-state index contributed by atoms with van der Waals surface area (Å²) in [5.74, 6) is 1.87. The van der Waals surface area contributed by atoms with Crippen molar-refractivity contribution in [2.24, 2.45) is 0 Å². The highest BCUT2D eigenvalue weighted by Crippen LogP contribution is 2.41. The molecule has 1 saturated heterocycles. The van der Waals surface area contributed by atoms with Crippen LogP contribution in [-0.4, -0.2) is 36.2 Å². The largest absolute Gasteiger partial charge is 0.493 e. The zero-order valence-corrected chi connectivity index (χ0v) is 16.7. The monoisotopic (exact) mass is 390 g/mol. The van der Waals surface area contributed by atoms with Gasteiger partial charge in [-0.05, 0) is 62.9 Å². The van der Waals surface area contributed by atoms with Crippen molar-refractivity contribution in [3.63, 3.8) is 0 Å². The number of rotatable bonds is 5. The van der Waals surface area contributed by atoms with Crippen molar-refractivity contribution < 1.29 is 9.47 Å². The van der Waals surface area contributed by atoms with E-state index in [1.165, 1.54) is 16.9 Å². The third-order valence-corrected chi connectivity index (χ3v) is 5.84. The highest BCUT2D eigenvalue weighted by molar-refractivity contribution is 5.96. The fraction of sp³-hybridized carbons (Fsp3) is 0.391. The number of pyridine rings is 2. The molecule has 0 saturated carbocycles. The molecule has 150 valence electrons. The molecule has 2 aromatic heterocycles. The maximum Gasteiger partial charge on any atom is 0.219 e. The summed E-state index contributed by atoms with van der Waals surface area (Å²) in [6.07, 6.45) is 7.27. The molecule has 1 aliphatic heterocycles. The first-order chi connectivity index (χ1) is 14.3. The number of nitrogens with zero attached hydrogens (tertiary/aromatic N) is 2. The smallest absolute Gasteiger partial charge is 0.219 e. The van der Waals surface area contributed by atoms with Crippen LogP contribution in [0.4, 0.5) is 5.69 Å². The molecule has 0 radical (unpaired) electrons. The van der Waals surface area contributed by atoms with Crippen molar-refractivity contribution in [2.45, 2.75) is 38.1 Å². The quantitative estimate of drug-likeness (QED) is 0.684. The predicted molar refractivity (Wildman–Crippen MR) is 114 cm³/mol. The Morgan fingerprint density at radius 1 is 1.10 bits per heavy atom. The number of hydrogen-bond acceptors (Lipinski definition) is 6. The summed E-state index contributed by atoms with van der Waals surface area (Å²) in [5, 5.41) is 8.41. The van der Waals surface area contributed by atoms with E-state index < -0.39 is 0 Å². The molecular weight excluding hydrogens is 364 g/mol. The SMILES string of the molecule is COc1cc2c(NC3CCNCC3)c3c(nc2cc1Oc1ccccn1)CCC3. The van der Waals surface area contributed by atoms with Gasteiger partial charge in [-0.15, -0.1) is 0 Å². The molecule has 0 unspecified atom stereocenters. The standard InChI is InChI=1S/C23H26N4O2/c1-28-20-13-17-19(14-21(20)29-22-7-2-3-10-25-22)27-18-6-4-5-16(18)23(17)26-15-8-11-24-12-9-15/h2-3,7,10,13-15,24H,4-6,8-9,11-12H2,1H3,(H,26,27). The molecule has 2 N–H and O–H groups in total. The average Bonchev–Trinajstić information content (AvgIpc) is 3.23. The fourth-order valence-corrected chi connectivity index (χ4v) is 4.37. The molecule has 3 aromatic rings. The summed E-state index contributed by atoms with van der Waals surface area (Å²) < 4.78 is 11.7. The highest BCUT2D eigenvalue weighted by atomic mass is 16.5. The molecule has 0 atom stereocenters. The Labute approximate surface area is 170 Å². The van der Waals surface area contributed by atoms with E-state index in [0.29, 0.717) is 23.4 Å². The highest BCUT2D eigenvalue weighted by Gasteiger charge is 2.24. The van der Waals surface area contributed by atoms with Crippen LogP contribution >= 0.6 is 0 Å². The molecule has 6 nitrogen and oxygen atoms in total. The lowest BCUT2D eigenvalue weighted by Gasteiger charge is -2.27. The Morgan fingerprint density at radius 3 is 2.79 bits per heavy atom. The Hall–Kier alpha value is -2.86. The first-order valence-corrected chi connectivity index (χ1v) is 10.4. The lowest BCUT2D eigenvalue weighted by Crippen LogP contribution is -2.35. The molecule has 6 heteroatoms. The number of fused-ring (bicyclic) bond motifs is 2. The number of aryl methyl sites for hydroxylation is 1. The normalized spacial score (nSPS) is 16.6. The van der Waals surface area contributed by atoms with Crippen molar-refractivity contribution in [3.8, 4) is 17.4 Å². The first kappa shape index (κ1) is 18.2. The van der Waals surface area contributed by atoms with Crippen LogP contribution < -0.4 is 20.1 Å². The lowest BCUT2D eigenvalue weighted by molar-refractivity contribution is 0.375. The Bertz CT molecular complexity index is 1020. The summed E-state index contributed by atoms with van der Waals surface area (Å²) in [6.45, 7) is 2.13. The van der Waals surface area contributed by atoms with E-state index in [0.717, 1.165) is 56.1 Å². The van der Waals surface area contributed by atoms with Gasteiger partial charge in [0.25, 0.3) is 0 Å². The van der Waals surface area contributed by atoms with Gasteiger partial charge >= 0.3 is 0 Å². The minimum absolute atomic E-state index is 0.488. The van der Waals surface area contributed by atoms with Gasteiger partial charge in [-0.1, -0.05) is 6.07 Å². The third-order valence-electron chi connectivity index (χ3n) is 5.84. The van der Waals surface area contributed by atoms with E-state index >= 15 is 0 Å². The Kier molecular flexibility index (Phi) is 4.94. The van der Waals surface area contributed by atoms with Crippen molar-refractivity contribution >= 4 is 16.6 Å². The molecule has 3 heterocycles. The molecule has 0 bridgehead atoms. The van der Waals surface area contributed by atoms with E-state index in [1.54, 1.807) is 13.3 Å². The van der Waals surface area contributed by atoms with Gasteiger partial charge in [0.15, 0.2) is 11.5 Å². The Morgan fingerprint density at radius 2 is 2.00 bits per heavy atom. The van der Waals surface area contributed by atoms with Crippen LogP contribution in [0, 0.1) is 0 Å². The molecule has 5 rings (SSSR count). The van der Waals surface area contributed by atoms with E-state index in [2.05, 4.69) is 21.7 Å². The van der Waals surface area contributed by atoms with Crippen LogP contribution in [0.15, 0.2) is 36.5 Å². The number of hydrogen-bond donors (Lipinski definition) is 2. The van der Waals surface area contributed by atoms with Crippen LogP contribution in [-0.2, 0) is 12.8 Å². The van der Waals surface area contributed by atoms with Gasteiger partial charge in [0.1, 0.15) is 0 Å². The second kappa shape index (κ2) is 7.87. The van der Waals surface area contributed by atoms with Gasteiger partial charge in [0, 0.05) is 41.1 Å². The molecule has 1 aliphatic carbocycles. The minimum Gasteiger partial charge on any atom is -0.493 e. The van der Waals surface area contributed by atoms with Crippen molar-refractivity contribution in [1.82, 2.24) is 15.3 Å². The number of methoxy groups -OCH3 is 1. The maximum absolute atomic E-state index is 6.01. The molecule has 29 heavy (non-hydrogen) atoms. The van der Waals surface area contributed by atoms with Gasteiger partial charge in [0.05, 0.1) is 12.6 Å². The van der Waals surface area contributed by atoms with Crippen LogP contribution in [0.5, 0.6) is 17.4 Å². The zero-order valence-electron chi connectivity index (χ0n) is 16.7. The number of anilines is 1. The van der Waals surface area contributed by atoms with Crippen molar-refractivity contribution in [1.29, 1.82) is 0 Å².